The number of nitrogens with zero attached hydrogens (tertiary/aromatic N) is 2. The third-order valence-corrected chi connectivity index (χ3v) is 4.46. The molecule has 2 aromatic carbocycles. The largest absolute Gasteiger partial charge is 0.385 e. The molecule has 0 aliphatic heterocycles. The first-order valence-corrected chi connectivity index (χ1v) is 9.18. The lowest BCUT2D eigenvalue weighted by Gasteiger charge is -2.10. The van der Waals surface area contributed by atoms with Crippen LogP contribution < -0.4 is 10.6 Å². The van der Waals surface area contributed by atoms with E-state index in [1.54, 1.807) is 18.5 Å². The number of hydrogen-bond donors (Lipinski definition) is 2. The van der Waals surface area contributed by atoms with E-state index in [0.29, 0.717) is 11.4 Å². The first-order valence-electron chi connectivity index (χ1n) is 9.18. The fourth-order valence-corrected chi connectivity index (χ4v) is 3.05. The van der Waals surface area contributed by atoms with E-state index in [9.17, 15) is 4.79 Å². The van der Waals surface area contributed by atoms with E-state index >= 15 is 0 Å². The Hall–Kier alpha value is -3.73. The van der Waals surface area contributed by atoms with Crippen molar-refractivity contribution in [2.75, 3.05) is 17.2 Å². The topological polar surface area (TPSA) is 66.9 Å². The maximum absolute atomic E-state index is 12.7. The Kier molecular flexibility index (Phi) is 5.24. The van der Waals surface area contributed by atoms with Gasteiger partial charge in [0.15, 0.2) is 0 Å². The van der Waals surface area contributed by atoms with Crippen LogP contribution in [-0.4, -0.2) is 22.4 Å². The van der Waals surface area contributed by atoms with Crippen LogP contribution in [0.1, 0.15) is 16.1 Å². The van der Waals surface area contributed by atoms with Gasteiger partial charge in [-0.05, 0) is 36.2 Å². The van der Waals surface area contributed by atoms with Crippen LogP contribution in [0.15, 0.2) is 85.2 Å². The lowest BCUT2D eigenvalue weighted by Crippen LogP contribution is -2.15. The number of rotatable bonds is 6. The number of nitrogens with one attached hydrogen (secondary N) is 2. The number of amides is 1. The van der Waals surface area contributed by atoms with Crippen molar-refractivity contribution < 1.29 is 4.79 Å². The number of pyridine rings is 2. The molecule has 2 N–H and O–H groups in total. The zero-order valence-corrected chi connectivity index (χ0v) is 15.3. The van der Waals surface area contributed by atoms with Crippen LogP contribution in [0, 0.1) is 0 Å². The van der Waals surface area contributed by atoms with Crippen molar-refractivity contribution in [1.82, 2.24) is 9.97 Å². The molecule has 5 nitrogen and oxygen atoms in total. The summed E-state index contributed by atoms with van der Waals surface area (Å²) in [6.45, 7) is 0.780. The number of anilines is 2. The molecular formula is C23H20N4O. The van der Waals surface area contributed by atoms with Gasteiger partial charge in [0.1, 0.15) is 5.69 Å². The quantitative estimate of drug-likeness (QED) is 0.524. The van der Waals surface area contributed by atoms with Crippen molar-refractivity contribution in [2.45, 2.75) is 6.42 Å². The molecule has 0 fully saturated rings. The van der Waals surface area contributed by atoms with E-state index in [1.807, 2.05) is 54.6 Å². The van der Waals surface area contributed by atoms with Crippen molar-refractivity contribution in [2.24, 2.45) is 0 Å². The van der Waals surface area contributed by atoms with Crippen molar-refractivity contribution in [1.29, 1.82) is 0 Å². The average molecular weight is 368 g/mol. The summed E-state index contributed by atoms with van der Waals surface area (Å²) in [5.41, 5.74) is 3.93. The Morgan fingerprint density at radius 1 is 0.857 bits per heavy atom. The van der Waals surface area contributed by atoms with E-state index in [1.165, 1.54) is 5.56 Å². The highest BCUT2D eigenvalue weighted by atomic mass is 16.1. The van der Waals surface area contributed by atoms with Gasteiger partial charge < -0.3 is 10.6 Å². The Balaban J connectivity index is 1.44. The van der Waals surface area contributed by atoms with Crippen molar-refractivity contribution in [3.63, 3.8) is 0 Å². The number of carbonyl (C=O) groups excluding carboxylic acids is 1. The van der Waals surface area contributed by atoms with Crippen LogP contribution in [-0.2, 0) is 6.42 Å². The molecule has 1 amide bonds. The summed E-state index contributed by atoms with van der Waals surface area (Å²) in [5.74, 6) is -0.259. The summed E-state index contributed by atoms with van der Waals surface area (Å²) >= 11 is 0. The smallest absolute Gasteiger partial charge is 0.274 e. The van der Waals surface area contributed by atoms with Crippen LogP contribution in [0.25, 0.3) is 10.9 Å². The van der Waals surface area contributed by atoms with Crippen molar-refractivity contribution >= 4 is 28.2 Å². The molecule has 2 heterocycles. The number of carbonyl (C=O) groups is 1. The number of aromatic nitrogens is 2. The number of hydrogen-bond acceptors (Lipinski definition) is 4. The highest BCUT2D eigenvalue weighted by Gasteiger charge is 2.11. The summed E-state index contributed by atoms with van der Waals surface area (Å²) in [6, 6.07) is 23.5. The molecule has 2 aromatic heterocycles. The molecule has 0 aliphatic rings. The maximum atomic E-state index is 12.7. The molecule has 0 bridgehead atoms. The van der Waals surface area contributed by atoms with Gasteiger partial charge in [0.25, 0.3) is 5.91 Å². The molecule has 0 atom stereocenters. The van der Waals surface area contributed by atoms with E-state index in [0.717, 1.165) is 29.6 Å². The minimum atomic E-state index is -0.259. The molecule has 0 unspecified atom stereocenters. The lowest BCUT2D eigenvalue weighted by atomic mass is 10.1. The van der Waals surface area contributed by atoms with Gasteiger partial charge in [-0.15, -0.1) is 0 Å². The zero-order valence-electron chi connectivity index (χ0n) is 15.3. The zero-order chi connectivity index (χ0) is 19.2. The molecule has 4 aromatic rings. The average Bonchev–Trinajstić information content (AvgIpc) is 2.75. The second kappa shape index (κ2) is 8.31. The summed E-state index contributed by atoms with van der Waals surface area (Å²) in [4.78, 5) is 21.3. The summed E-state index contributed by atoms with van der Waals surface area (Å²) in [5, 5.41) is 7.24. The minimum Gasteiger partial charge on any atom is -0.385 e. The van der Waals surface area contributed by atoms with Crippen LogP contribution in [0.5, 0.6) is 0 Å². The third kappa shape index (κ3) is 4.15. The summed E-state index contributed by atoms with van der Waals surface area (Å²) in [6.07, 6.45) is 4.26. The molecule has 0 radical (unpaired) electrons. The van der Waals surface area contributed by atoms with Gasteiger partial charge >= 0.3 is 0 Å². The van der Waals surface area contributed by atoms with E-state index < -0.39 is 0 Å². The summed E-state index contributed by atoms with van der Waals surface area (Å²) in [7, 11) is 0. The molecule has 0 saturated carbocycles. The number of para-hydroxylation sites is 1. The van der Waals surface area contributed by atoms with Gasteiger partial charge in [-0.3, -0.25) is 14.8 Å². The fraction of sp³-hybridized carbons (Fsp3) is 0.0870. The second-order valence-corrected chi connectivity index (χ2v) is 6.43. The molecule has 4 rings (SSSR count). The summed E-state index contributed by atoms with van der Waals surface area (Å²) < 4.78 is 0. The van der Waals surface area contributed by atoms with E-state index in [4.69, 9.17) is 0 Å². The fourth-order valence-electron chi connectivity index (χ4n) is 3.05. The second-order valence-electron chi connectivity index (χ2n) is 6.43. The molecule has 5 heteroatoms. The van der Waals surface area contributed by atoms with Gasteiger partial charge in [0, 0.05) is 30.0 Å². The predicted octanol–water partition coefficient (Wildman–Crippen LogP) is 4.54. The van der Waals surface area contributed by atoms with Gasteiger partial charge in [-0.25, -0.2) is 0 Å². The molecule has 0 saturated heterocycles. The van der Waals surface area contributed by atoms with Crippen LogP contribution in [0.2, 0.25) is 0 Å². The monoisotopic (exact) mass is 368 g/mol. The Labute approximate surface area is 163 Å². The number of fused-ring (bicyclic) bond motifs is 1. The highest BCUT2D eigenvalue weighted by molar-refractivity contribution is 6.07. The Morgan fingerprint density at radius 2 is 1.71 bits per heavy atom. The minimum absolute atomic E-state index is 0.259. The van der Waals surface area contributed by atoms with Crippen LogP contribution in [0.4, 0.5) is 11.4 Å². The maximum Gasteiger partial charge on any atom is 0.274 e. The SMILES string of the molecule is O=C(Nc1cccc2cccnc12)c1cc(NCCc2ccccc2)ccn1. The van der Waals surface area contributed by atoms with E-state index in [2.05, 4.69) is 32.7 Å². The van der Waals surface area contributed by atoms with E-state index in [-0.39, 0.29) is 5.91 Å². The first kappa shape index (κ1) is 17.7. The van der Waals surface area contributed by atoms with Crippen molar-refractivity contribution in [3.05, 3.63) is 96.4 Å². The Bertz CT molecular complexity index is 1090. The van der Waals surface area contributed by atoms with Gasteiger partial charge in [0.05, 0.1) is 11.2 Å². The molecule has 0 spiro atoms. The van der Waals surface area contributed by atoms with Crippen LogP contribution >= 0.6 is 0 Å². The normalized spacial score (nSPS) is 10.6. The highest BCUT2D eigenvalue weighted by Crippen LogP contribution is 2.21. The molecule has 138 valence electrons. The van der Waals surface area contributed by atoms with Crippen molar-refractivity contribution in [3.8, 4) is 0 Å². The standard InChI is InChI=1S/C23H20N4O/c28-23(27-20-10-4-8-18-9-5-13-26-22(18)20)21-16-19(12-15-25-21)24-14-11-17-6-2-1-3-7-17/h1-10,12-13,15-16H,11,14H2,(H,24,25)(H,27,28). The molecule has 0 aliphatic carbocycles. The third-order valence-electron chi connectivity index (χ3n) is 4.46. The van der Waals surface area contributed by atoms with Gasteiger partial charge in [0.2, 0.25) is 0 Å². The number of benzene rings is 2. The molecule has 28 heavy (non-hydrogen) atoms. The lowest BCUT2D eigenvalue weighted by molar-refractivity contribution is 0.102. The molecular weight excluding hydrogens is 348 g/mol. The van der Waals surface area contributed by atoms with Gasteiger partial charge in [-0.2, -0.15) is 0 Å². The Morgan fingerprint density at radius 3 is 2.61 bits per heavy atom. The van der Waals surface area contributed by atoms with Crippen LogP contribution in [0.3, 0.4) is 0 Å². The predicted molar refractivity (Wildman–Crippen MR) is 113 cm³/mol. The first-order chi connectivity index (χ1) is 13.8. The van der Waals surface area contributed by atoms with Gasteiger partial charge in [-0.1, -0.05) is 48.5 Å².